The Hall–Kier alpha value is -2.26. The summed E-state index contributed by atoms with van der Waals surface area (Å²) in [6.07, 6.45) is 1.43. The molecule has 2 heterocycles. The molecule has 0 saturated carbocycles. The Balaban J connectivity index is 2.02. The van der Waals surface area contributed by atoms with Crippen LogP contribution in [0.25, 0.3) is 0 Å². The molecule has 0 spiro atoms. The van der Waals surface area contributed by atoms with Crippen LogP contribution in [0.3, 0.4) is 0 Å². The maximum atomic E-state index is 14.6. The van der Waals surface area contributed by atoms with Gasteiger partial charge in [0.05, 0.1) is 5.02 Å². The van der Waals surface area contributed by atoms with Crippen molar-refractivity contribution >= 4 is 40.1 Å². The minimum atomic E-state index is -1.66. The lowest BCUT2D eigenvalue weighted by molar-refractivity contribution is 0.102. The fourth-order valence-corrected chi connectivity index (χ4v) is 4.51. The van der Waals surface area contributed by atoms with E-state index in [2.05, 4.69) is 15.3 Å². The highest BCUT2D eigenvalue weighted by Gasteiger charge is 2.41. The minimum absolute atomic E-state index is 0.0486. The van der Waals surface area contributed by atoms with E-state index in [4.69, 9.17) is 17.3 Å². The number of rotatable bonds is 4. The number of halogens is 4. The number of hydrogen-bond donors (Lipinski definition) is 2. The van der Waals surface area contributed by atoms with E-state index in [0.29, 0.717) is 10.6 Å². The maximum Gasteiger partial charge on any atom is 0.274 e. The zero-order chi connectivity index (χ0) is 21.3. The lowest BCUT2D eigenvalue weighted by Gasteiger charge is -2.34. The third-order valence-corrected chi connectivity index (χ3v) is 5.65. The number of nitrogens with one attached hydrogen (secondary N) is 1. The SMILES string of the molecule is Cc1cc(Cl)cnc1C(=O)Nc1cc(F)c(F)c([C@]2(CF)C[C@@H](C)SC(N)=N2)c1. The van der Waals surface area contributed by atoms with E-state index >= 15 is 0 Å². The number of anilines is 1. The first-order valence-corrected chi connectivity index (χ1v) is 9.92. The summed E-state index contributed by atoms with van der Waals surface area (Å²) < 4.78 is 43.0. The van der Waals surface area contributed by atoms with E-state index < -0.39 is 29.8 Å². The quantitative estimate of drug-likeness (QED) is 0.726. The minimum Gasteiger partial charge on any atom is -0.379 e. The topological polar surface area (TPSA) is 80.4 Å². The molecule has 1 aliphatic heterocycles. The van der Waals surface area contributed by atoms with Gasteiger partial charge in [0.25, 0.3) is 5.91 Å². The van der Waals surface area contributed by atoms with Gasteiger partial charge >= 0.3 is 0 Å². The van der Waals surface area contributed by atoms with Gasteiger partial charge in [0.1, 0.15) is 17.9 Å². The monoisotopic (exact) mass is 442 g/mol. The van der Waals surface area contributed by atoms with Gasteiger partial charge in [-0.3, -0.25) is 4.79 Å². The van der Waals surface area contributed by atoms with E-state index in [1.807, 2.05) is 0 Å². The average molecular weight is 443 g/mol. The van der Waals surface area contributed by atoms with Gasteiger partial charge in [-0.1, -0.05) is 30.3 Å². The van der Waals surface area contributed by atoms with Crippen molar-refractivity contribution < 1.29 is 18.0 Å². The molecule has 0 fully saturated rings. The lowest BCUT2D eigenvalue weighted by atomic mass is 9.86. The van der Waals surface area contributed by atoms with Crippen LogP contribution in [-0.2, 0) is 5.54 Å². The van der Waals surface area contributed by atoms with Crippen LogP contribution in [0.5, 0.6) is 0 Å². The third-order valence-electron chi connectivity index (χ3n) is 4.54. The van der Waals surface area contributed by atoms with Gasteiger partial charge in [-0.2, -0.15) is 0 Å². The van der Waals surface area contributed by atoms with Crippen molar-refractivity contribution in [3.8, 4) is 0 Å². The van der Waals surface area contributed by atoms with Crippen LogP contribution in [0.1, 0.15) is 35.0 Å². The molecular formula is C19H18ClF3N4OS. The van der Waals surface area contributed by atoms with Crippen molar-refractivity contribution in [3.63, 3.8) is 0 Å². The van der Waals surface area contributed by atoms with Gasteiger partial charge in [-0.15, -0.1) is 0 Å². The van der Waals surface area contributed by atoms with E-state index in [0.717, 1.165) is 6.07 Å². The molecule has 0 aliphatic carbocycles. The molecule has 1 amide bonds. The van der Waals surface area contributed by atoms with Gasteiger partial charge in [0.15, 0.2) is 16.8 Å². The number of hydrogen-bond acceptors (Lipinski definition) is 5. The number of carbonyl (C=O) groups excluding carboxylic acids is 1. The number of carbonyl (C=O) groups is 1. The number of aromatic nitrogens is 1. The molecule has 3 rings (SSSR count). The largest absolute Gasteiger partial charge is 0.379 e. The van der Waals surface area contributed by atoms with Gasteiger partial charge in [0.2, 0.25) is 0 Å². The molecule has 154 valence electrons. The summed E-state index contributed by atoms with van der Waals surface area (Å²) in [6.45, 7) is 2.37. The standard InChI is InChI=1S/C19H18ClF3N4OS/c1-9-3-11(20)7-25-16(9)17(28)26-12-4-13(15(23)14(22)5-12)19(8-21)6-10(2)29-18(24)27-19/h3-5,7,10H,6,8H2,1-2H3,(H2,24,27)(H,26,28)/t10-,19-/m1/s1. The summed E-state index contributed by atoms with van der Waals surface area (Å²) in [5.41, 5.74) is 4.34. The number of amides is 1. The van der Waals surface area contributed by atoms with Crippen LogP contribution in [0, 0.1) is 18.6 Å². The number of nitrogens with zero attached hydrogens (tertiary/aromatic N) is 2. The van der Waals surface area contributed by atoms with Crippen molar-refractivity contribution in [1.82, 2.24) is 4.98 Å². The fourth-order valence-electron chi connectivity index (χ4n) is 3.30. The highest BCUT2D eigenvalue weighted by molar-refractivity contribution is 8.14. The average Bonchev–Trinajstić information content (AvgIpc) is 2.63. The van der Waals surface area contributed by atoms with E-state index in [1.165, 1.54) is 24.0 Å². The maximum absolute atomic E-state index is 14.6. The van der Waals surface area contributed by atoms with Crippen LogP contribution >= 0.6 is 23.4 Å². The van der Waals surface area contributed by atoms with Gasteiger partial charge in [-0.25, -0.2) is 23.1 Å². The molecular weight excluding hydrogens is 425 g/mol. The van der Waals surface area contributed by atoms with E-state index in [-0.39, 0.29) is 33.8 Å². The number of pyridine rings is 1. The molecule has 1 aromatic carbocycles. The molecule has 10 heteroatoms. The van der Waals surface area contributed by atoms with Gasteiger partial charge in [0, 0.05) is 28.8 Å². The zero-order valence-electron chi connectivity index (χ0n) is 15.6. The predicted octanol–water partition coefficient (Wildman–Crippen LogP) is 4.58. The van der Waals surface area contributed by atoms with Crippen LogP contribution in [0.4, 0.5) is 18.9 Å². The first-order chi connectivity index (χ1) is 13.6. The van der Waals surface area contributed by atoms with Gasteiger partial charge in [-0.05, 0) is 31.0 Å². The first-order valence-electron chi connectivity index (χ1n) is 8.66. The predicted molar refractivity (Wildman–Crippen MR) is 109 cm³/mol. The molecule has 0 saturated heterocycles. The normalized spacial score (nSPS) is 21.6. The molecule has 0 unspecified atom stereocenters. The lowest BCUT2D eigenvalue weighted by Crippen LogP contribution is -2.37. The Morgan fingerprint density at radius 3 is 2.76 bits per heavy atom. The van der Waals surface area contributed by atoms with Crippen LogP contribution in [-0.4, -0.2) is 28.0 Å². The molecule has 2 atom stereocenters. The molecule has 5 nitrogen and oxygen atoms in total. The molecule has 2 aromatic rings. The molecule has 1 aliphatic rings. The number of aliphatic imine (C=N–C) groups is 1. The summed E-state index contributed by atoms with van der Waals surface area (Å²) in [6, 6.07) is 3.55. The smallest absolute Gasteiger partial charge is 0.274 e. The highest BCUT2D eigenvalue weighted by Crippen LogP contribution is 2.42. The van der Waals surface area contributed by atoms with Crippen molar-refractivity contribution in [2.45, 2.75) is 31.1 Å². The number of thioether (sulfide) groups is 1. The molecule has 0 radical (unpaired) electrons. The Morgan fingerprint density at radius 2 is 2.14 bits per heavy atom. The third kappa shape index (κ3) is 4.35. The Kier molecular flexibility index (Phi) is 6.09. The Bertz CT molecular complexity index is 1000. The number of amidine groups is 1. The van der Waals surface area contributed by atoms with Gasteiger partial charge < -0.3 is 11.1 Å². The van der Waals surface area contributed by atoms with Crippen LogP contribution in [0.2, 0.25) is 5.02 Å². The van der Waals surface area contributed by atoms with E-state index in [9.17, 15) is 18.0 Å². The fraction of sp³-hybridized carbons (Fsp3) is 0.316. The Labute approximate surface area is 174 Å². The number of aryl methyl sites for hydroxylation is 1. The first kappa shape index (κ1) is 21.4. The summed E-state index contributed by atoms with van der Waals surface area (Å²) in [5, 5.41) is 2.78. The Morgan fingerprint density at radius 1 is 1.41 bits per heavy atom. The molecule has 0 bridgehead atoms. The summed E-state index contributed by atoms with van der Waals surface area (Å²) in [4.78, 5) is 20.6. The molecule has 3 N–H and O–H groups in total. The zero-order valence-corrected chi connectivity index (χ0v) is 17.2. The van der Waals surface area contributed by atoms with Crippen LogP contribution in [0.15, 0.2) is 29.4 Å². The van der Waals surface area contributed by atoms with E-state index in [1.54, 1.807) is 19.9 Å². The molecule has 1 aromatic heterocycles. The summed E-state index contributed by atoms with van der Waals surface area (Å²) >= 11 is 7.07. The van der Waals surface area contributed by atoms with Crippen molar-refractivity contribution in [2.75, 3.05) is 12.0 Å². The second kappa shape index (κ2) is 8.23. The second-order valence-electron chi connectivity index (χ2n) is 6.84. The number of benzene rings is 1. The van der Waals surface area contributed by atoms with Crippen LogP contribution < -0.4 is 11.1 Å². The second-order valence-corrected chi connectivity index (χ2v) is 8.74. The number of nitrogens with two attached hydrogens (primary N) is 1. The highest BCUT2D eigenvalue weighted by atomic mass is 35.5. The summed E-state index contributed by atoms with van der Waals surface area (Å²) in [7, 11) is 0. The number of alkyl halides is 1. The molecule has 29 heavy (non-hydrogen) atoms. The van der Waals surface area contributed by atoms with Crippen molar-refractivity contribution in [2.24, 2.45) is 10.7 Å². The summed E-state index contributed by atoms with van der Waals surface area (Å²) in [5.74, 6) is -3.09. The van der Waals surface area contributed by atoms with Crippen molar-refractivity contribution in [1.29, 1.82) is 0 Å². The van der Waals surface area contributed by atoms with Crippen molar-refractivity contribution in [3.05, 3.63) is 57.9 Å².